The Morgan fingerprint density at radius 1 is 1.28 bits per heavy atom. The maximum Gasteiger partial charge on any atom is 0.251 e. The number of hydrogen-bond acceptors (Lipinski definition) is 3. The Bertz CT molecular complexity index is 442. The van der Waals surface area contributed by atoms with Crippen LogP contribution in [0.5, 0.6) is 0 Å². The van der Waals surface area contributed by atoms with E-state index in [4.69, 9.17) is 11.5 Å². The van der Waals surface area contributed by atoms with Crippen LogP contribution in [0, 0.1) is 5.82 Å². The molecular weight excluding hydrogens is 233 g/mol. The fourth-order valence-electron chi connectivity index (χ4n) is 2.20. The quantitative estimate of drug-likeness (QED) is 0.695. The molecule has 0 radical (unpaired) electrons. The molecule has 0 aromatic heterocycles. The van der Waals surface area contributed by atoms with Crippen LogP contribution in [-0.4, -0.2) is 18.0 Å². The molecule has 1 aromatic carbocycles. The van der Waals surface area contributed by atoms with Crippen molar-refractivity contribution in [2.45, 2.75) is 37.8 Å². The van der Waals surface area contributed by atoms with Crippen molar-refractivity contribution in [2.24, 2.45) is 5.73 Å². The lowest BCUT2D eigenvalue weighted by Crippen LogP contribution is -2.40. The number of nitrogens with two attached hydrogens (primary N) is 2. The van der Waals surface area contributed by atoms with Crippen LogP contribution in [0.15, 0.2) is 18.2 Å². The summed E-state index contributed by atoms with van der Waals surface area (Å²) in [4.78, 5) is 11.9. The molecule has 0 bridgehead atoms. The molecule has 1 amide bonds. The van der Waals surface area contributed by atoms with Gasteiger partial charge < -0.3 is 16.8 Å². The van der Waals surface area contributed by atoms with Crippen LogP contribution in [0.3, 0.4) is 0 Å². The highest BCUT2D eigenvalue weighted by molar-refractivity contribution is 5.94. The molecule has 0 atom stereocenters. The van der Waals surface area contributed by atoms with Crippen molar-refractivity contribution in [1.29, 1.82) is 0 Å². The molecule has 0 saturated heterocycles. The van der Waals surface area contributed by atoms with Gasteiger partial charge in [-0.3, -0.25) is 4.79 Å². The smallest absolute Gasteiger partial charge is 0.251 e. The average molecular weight is 251 g/mol. The molecule has 5 N–H and O–H groups in total. The van der Waals surface area contributed by atoms with E-state index >= 15 is 0 Å². The fourth-order valence-corrected chi connectivity index (χ4v) is 2.20. The maximum atomic E-state index is 13.2. The van der Waals surface area contributed by atoms with Crippen molar-refractivity contribution in [3.05, 3.63) is 29.6 Å². The van der Waals surface area contributed by atoms with Crippen molar-refractivity contribution in [2.75, 3.05) is 5.73 Å². The van der Waals surface area contributed by atoms with Gasteiger partial charge in [0.1, 0.15) is 5.82 Å². The van der Waals surface area contributed by atoms with Gasteiger partial charge in [0.2, 0.25) is 0 Å². The summed E-state index contributed by atoms with van der Waals surface area (Å²) in [7, 11) is 0. The molecule has 1 aromatic rings. The normalized spacial score (nSPS) is 23.7. The minimum atomic E-state index is -0.562. The Morgan fingerprint density at radius 3 is 2.56 bits per heavy atom. The molecule has 18 heavy (non-hydrogen) atoms. The van der Waals surface area contributed by atoms with Gasteiger partial charge in [-0.15, -0.1) is 0 Å². The average Bonchev–Trinajstić information content (AvgIpc) is 2.35. The van der Waals surface area contributed by atoms with Gasteiger partial charge in [0.05, 0.1) is 5.69 Å². The maximum absolute atomic E-state index is 13.2. The Balaban J connectivity index is 1.97. The summed E-state index contributed by atoms with van der Waals surface area (Å²) >= 11 is 0. The number of carbonyl (C=O) groups excluding carboxylic acids is 1. The summed E-state index contributed by atoms with van der Waals surface area (Å²) in [5.41, 5.74) is 11.5. The van der Waals surface area contributed by atoms with Crippen LogP contribution in [0.25, 0.3) is 0 Å². The lowest BCUT2D eigenvalue weighted by atomic mass is 9.91. The van der Waals surface area contributed by atoms with E-state index in [1.165, 1.54) is 18.2 Å². The molecule has 0 heterocycles. The van der Waals surface area contributed by atoms with E-state index < -0.39 is 5.82 Å². The first-order chi connectivity index (χ1) is 8.56. The summed E-state index contributed by atoms with van der Waals surface area (Å²) in [5, 5.41) is 2.90. The van der Waals surface area contributed by atoms with Crippen molar-refractivity contribution in [3.63, 3.8) is 0 Å². The second-order valence-corrected chi connectivity index (χ2v) is 4.82. The number of nitrogen functional groups attached to an aromatic ring is 1. The fraction of sp³-hybridized carbons (Fsp3) is 0.462. The van der Waals surface area contributed by atoms with Gasteiger partial charge in [-0.1, -0.05) is 0 Å². The van der Waals surface area contributed by atoms with Gasteiger partial charge in [0.25, 0.3) is 5.91 Å². The molecule has 1 aliphatic rings. The van der Waals surface area contributed by atoms with E-state index in [0.717, 1.165) is 25.7 Å². The SMILES string of the molecule is Nc1ccc(C(=O)NC2CCC(N)CC2)cc1F. The van der Waals surface area contributed by atoms with Crippen molar-refractivity contribution in [1.82, 2.24) is 5.32 Å². The van der Waals surface area contributed by atoms with Gasteiger partial charge in [-0.05, 0) is 43.9 Å². The largest absolute Gasteiger partial charge is 0.396 e. The molecule has 0 aliphatic heterocycles. The second-order valence-electron chi connectivity index (χ2n) is 4.82. The van der Waals surface area contributed by atoms with Crippen molar-refractivity contribution >= 4 is 11.6 Å². The lowest BCUT2D eigenvalue weighted by molar-refractivity contribution is 0.0925. The number of rotatable bonds is 2. The third-order valence-corrected chi connectivity index (χ3v) is 3.37. The number of hydrogen-bond donors (Lipinski definition) is 3. The minimum absolute atomic E-state index is 0.0511. The van der Waals surface area contributed by atoms with Crippen molar-refractivity contribution < 1.29 is 9.18 Å². The molecule has 0 spiro atoms. The van der Waals surface area contributed by atoms with Crippen LogP contribution in [0.1, 0.15) is 36.0 Å². The molecule has 2 rings (SSSR count). The molecule has 1 aliphatic carbocycles. The third kappa shape index (κ3) is 2.98. The highest BCUT2D eigenvalue weighted by atomic mass is 19.1. The second kappa shape index (κ2) is 5.35. The number of benzene rings is 1. The highest BCUT2D eigenvalue weighted by Gasteiger charge is 2.20. The monoisotopic (exact) mass is 251 g/mol. The molecule has 98 valence electrons. The molecule has 5 heteroatoms. The zero-order valence-electron chi connectivity index (χ0n) is 10.2. The molecule has 1 saturated carbocycles. The van der Waals surface area contributed by atoms with E-state index in [0.29, 0.717) is 5.56 Å². The van der Waals surface area contributed by atoms with Crippen LogP contribution in [0.2, 0.25) is 0 Å². The van der Waals surface area contributed by atoms with E-state index in [2.05, 4.69) is 5.32 Å². The number of halogens is 1. The Labute approximate surface area is 106 Å². The van der Waals surface area contributed by atoms with Crippen molar-refractivity contribution in [3.8, 4) is 0 Å². The number of carbonyl (C=O) groups is 1. The first kappa shape index (κ1) is 12.8. The van der Waals surface area contributed by atoms with E-state index in [1.807, 2.05) is 0 Å². The van der Waals surface area contributed by atoms with Gasteiger partial charge in [-0.2, -0.15) is 0 Å². The van der Waals surface area contributed by atoms with Crippen LogP contribution in [-0.2, 0) is 0 Å². The lowest BCUT2D eigenvalue weighted by Gasteiger charge is -2.26. The molecule has 0 unspecified atom stereocenters. The van der Waals surface area contributed by atoms with E-state index in [1.54, 1.807) is 0 Å². The van der Waals surface area contributed by atoms with Gasteiger partial charge in [0, 0.05) is 17.6 Å². The topological polar surface area (TPSA) is 81.1 Å². The zero-order valence-corrected chi connectivity index (χ0v) is 10.2. The Kier molecular flexibility index (Phi) is 3.81. The molecule has 4 nitrogen and oxygen atoms in total. The summed E-state index contributed by atoms with van der Waals surface area (Å²) in [6, 6.07) is 4.48. The number of nitrogens with one attached hydrogen (secondary N) is 1. The predicted octanol–water partition coefficient (Wildman–Crippen LogP) is 1.41. The van der Waals surface area contributed by atoms with Gasteiger partial charge in [0.15, 0.2) is 0 Å². The Morgan fingerprint density at radius 2 is 1.94 bits per heavy atom. The molecule has 1 fully saturated rings. The zero-order chi connectivity index (χ0) is 13.1. The number of amides is 1. The summed E-state index contributed by atoms with van der Waals surface area (Å²) < 4.78 is 13.2. The summed E-state index contributed by atoms with van der Waals surface area (Å²) in [6.07, 6.45) is 3.59. The predicted molar refractivity (Wildman–Crippen MR) is 68.5 cm³/mol. The van der Waals surface area contributed by atoms with Crippen LogP contribution < -0.4 is 16.8 Å². The first-order valence-electron chi connectivity index (χ1n) is 6.17. The summed E-state index contributed by atoms with van der Waals surface area (Å²) in [5.74, 6) is -0.817. The van der Waals surface area contributed by atoms with E-state index in [9.17, 15) is 9.18 Å². The Hall–Kier alpha value is -1.62. The summed E-state index contributed by atoms with van der Waals surface area (Å²) in [6.45, 7) is 0. The van der Waals surface area contributed by atoms with Gasteiger partial charge >= 0.3 is 0 Å². The van der Waals surface area contributed by atoms with Crippen LogP contribution >= 0.6 is 0 Å². The standard InChI is InChI=1S/C13H18FN3O/c14-11-7-8(1-6-12(11)16)13(18)17-10-4-2-9(15)3-5-10/h1,6-7,9-10H,2-5,15-16H2,(H,17,18). The minimum Gasteiger partial charge on any atom is -0.396 e. The third-order valence-electron chi connectivity index (χ3n) is 3.37. The number of anilines is 1. The first-order valence-corrected chi connectivity index (χ1v) is 6.17. The van der Waals surface area contributed by atoms with Gasteiger partial charge in [-0.25, -0.2) is 4.39 Å². The highest BCUT2D eigenvalue weighted by Crippen LogP contribution is 2.18. The molecular formula is C13H18FN3O. The van der Waals surface area contributed by atoms with E-state index in [-0.39, 0.29) is 23.7 Å². The van der Waals surface area contributed by atoms with Crippen LogP contribution in [0.4, 0.5) is 10.1 Å².